The summed E-state index contributed by atoms with van der Waals surface area (Å²) >= 11 is 0. The summed E-state index contributed by atoms with van der Waals surface area (Å²) in [5, 5.41) is 6.93. The molecule has 1 unspecified atom stereocenters. The molecule has 1 saturated heterocycles. The quantitative estimate of drug-likeness (QED) is 0.322. The first-order valence-corrected chi connectivity index (χ1v) is 9.73. The number of nitrogens with zero attached hydrogens (tertiary/aromatic N) is 2. The van der Waals surface area contributed by atoms with Gasteiger partial charge >= 0.3 is 0 Å². The first-order valence-electron chi connectivity index (χ1n) is 9.73. The van der Waals surface area contributed by atoms with Crippen molar-refractivity contribution in [1.82, 2.24) is 15.5 Å². The van der Waals surface area contributed by atoms with Gasteiger partial charge in [-0.1, -0.05) is 6.07 Å². The lowest BCUT2D eigenvalue weighted by Gasteiger charge is -2.35. The number of morpholine rings is 1. The van der Waals surface area contributed by atoms with Crippen molar-refractivity contribution in [2.45, 2.75) is 18.9 Å². The molecule has 1 aliphatic heterocycles. The largest absolute Gasteiger partial charge is 0.493 e. The van der Waals surface area contributed by atoms with Crippen molar-refractivity contribution >= 4 is 29.9 Å². The lowest BCUT2D eigenvalue weighted by molar-refractivity contribution is 0.0169. The molecule has 8 heteroatoms. The lowest BCUT2D eigenvalue weighted by Crippen LogP contribution is -2.46. The zero-order chi connectivity index (χ0) is 19.1. The third-order valence-corrected chi connectivity index (χ3v) is 5.22. The van der Waals surface area contributed by atoms with Crippen molar-refractivity contribution in [3.63, 3.8) is 0 Å². The smallest absolute Gasteiger partial charge is 0.191 e. The number of halogens is 1. The van der Waals surface area contributed by atoms with E-state index in [4.69, 9.17) is 14.2 Å². The molecule has 158 valence electrons. The predicted octanol–water partition coefficient (Wildman–Crippen LogP) is 2.27. The summed E-state index contributed by atoms with van der Waals surface area (Å²) in [5.41, 5.74) is 1.19. The second kappa shape index (κ2) is 11.7. The maximum absolute atomic E-state index is 5.54. The van der Waals surface area contributed by atoms with Gasteiger partial charge in [0.1, 0.15) is 0 Å². The highest BCUT2D eigenvalue weighted by Gasteiger charge is 2.25. The average molecular weight is 504 g/mol. The van der Waals surface area contributed by atoms with Crippen LogP contribution >= 0.6 is 24.0 Å². The molecule has 1 saturated carbocycles. The molecule has 0 aromatic heterocycles. The first kappa shape index (κ1) is 23.0. The molecule has 3 rings (SSSR count). The third kappa shape index (κ3) is 6.38. The fourth-order valence-corrected chi connectivity index (χ4v) is 3.38. The number of ether oxygens (including phenoxy) is 3. The van der Waals surface area contributed by atoms with Gasteiger partial charge in [0.15, 0.2) is 17.5 Å². The maximum Gasteiger partial charge on any atom is 0.191 e. The topological polar surface area (TPSA) is 67.4 Å². The monoisotopic (exact) mass is 504 g/mol. The Kier molecular flexibility index (Phi) is 9.60. The van der Waals surface area contributed by atoms with Crippen LogP contribution in [0.1, 0.15) is 24.4 Å². The van der Waals surface area contributed by atoms with Crippen molar-refractivity contribution in [1.29, 1.82) is 0 Å². The lowest BCUT2D eigenvalue weighted by atomic mass is 10.0. The molecular weight excluding hydrogens is 471 g/mol. The van der Waals surface area contributed by atoms with E-state index in [1.165, 1.54) is 18.4 Å². The van der Waals surface area contributed by atoms with Crippen LogP contribution < -0.4 is 20.1 Å². The van der Waals surface area contributed by atoms with Crippen LogP contribution in [0.4, 0.5) is 0 Å². The number of methoxy groups -OCH3 is 2. The third-order valence-electron chi connectivity index (χ3n) is 5.22. The summed E-state index contributed by atoms with van der Waals surface area (Å²) in [6.45, 7) is 5.11. The molecule has 2 N–H and O–H groups in total. The summed E-state index contributed by atoms with van der Waals surface area (Å²) in [5.74, 6) is 3.17. The highest BCUT2D eigenvalue weighted by molar-refractivity contribution is 14.0. The molecule has 0 bridgehead atoms. The summed E-state index contributed by atoms with van der Waals surface area (Å²) in [6, 6.07) is 6.36. The van der Waals surface area contributed by atoms with Gasteiger partial charge in [0, 0.05) is 33.2 Å². The van der Waals surface area contributed by atoms with Gasteiger partial charge in [-0.25, -0.2) is 0 Å². The van der Waals surface area contributed by atoms with Crippen LogP contribution in [0.5, 0.6) is 11.5 Å². The number of nitrogens with one attached hydrogen (secondary N) is 2. The van der Waals surface area contributed by atoms with E-state index < -0.39 is 0 Å². The molecular formula is C20H33IN4O3. The van der Waals surface area contributed by atoms with Crippen molar-refractivity contribution in [2.24, 2.45) is 10.9 Å². The summed E-state index contributed by atoms with van der Waals surface area (Å²) in [6.07, 6.45) is 2.65. The number of hydrogen-bond acceptors (Lipinski definition) is 5. The van der Waals surface area contributed by atoms with Crippen LogP contribution in [0.15, 0.2) is 23.2 Å². The van der Waals surface area contributed by atoms with Gasteiger partial charge < -0.3 is 24.8 Å². The molecule has 1 aromatic rings. The minimum Gasteiger partial charge on any atom is -0.493 e. The van der Waals surface area contributed by atoms with Crippen molar-refractivity contribution in [3.05, 3.63) is 23.8 Å². The van der Waals surface area contributed by atoms with E-state index in [2.05, 4.69) is 32.7 Å². The van der Waals surface area contributed by atoms with Crippen LogP contribution in [0.25, 0.3) is 0 Å². The van der Waals surface area contributed by atoms with E-state index in [0.29, 0.717) is 0 Å². The number of aliphatic imine (C=N–C) groups is 1. The Morgan fingerprint density at radius 3 is 2.50 bits per heavy atom. The van der Waals surface area contributed by atoms with Gasteiger partial charge in [-0.3, -0.25) is 9.89 Å². The zero-order valence-corrected chi connectivity index (χ0v) is 19.4. The van der Waals surface area contributed by atoms with Crippen molar-refractivity contribution in [2.75, 3.05) is 60.7 Å². The Bertz CT molecular complexity index is 634. The van der Waals surface area contributed by atoms with E-state index in [-0.39, 0.29) is 30.0 Å². The minimum atomic E-state index is 0. The van der Waals surface area contributed by atoms with Crippen LogP contribution in [0.3, 0.4) is 0 Å². The van der Waals surface area contributed by atoms with E-state index in [1.807, 2.05) is 13.1 Å². The van der Waals surface area contributed by atoms with E-state index in [9.17, 15) is 0 Å². The number of rotatable bonds is 8. The molecule has 0 amide bonds. The first-order chi connectivity index (χ1) is 13.2. The predicted molar refractivity (Wildman–Crippen MR) is 122 cm³/mol. The van der Waals surface area contributed by atoms with Crippen LogP contribution in [-0.2, 0) is 4.74 Å². The van der Waals surface area contributed by atoms with Gasteiger partial charge in [-0.2, -0.15) is 0 Å². The summed E-state index contributed by atoms with van der Waals surface area (Å²) in [4.78, 5) is 6.82. The van der Waals surface area contributed by atoms with Gasteiger partial charge in [0.25, 0.3) is 0 Å². The van der Waals surface area contributed by atoms with E-state index in [0.717, 1.165) is 62.8 Å². The van der Waals surface area contributed by atoms with Crippen LogP contribution in [0, 0.1) is 5.92 Å². The Hall–Kier alpha value is -1.26. The van der Waals surface area contributed by atoms with Crippen LogP contribution in [-0.4, -0.2) is 71.5 Å². The molecule has 0 spiro atoms. The molecule has 2 aliphatic rings. The molecule has 1 heterocycles. The fourth-order valence-electron chi connectivity index (χ4n) is 3.38. The minimum absolute atomic E-state index is 0. The molecule has 7 nitrogen and oxygen atoms in total. The summed E-state index contributed by atoms with van der Waals surface area (Å²) in [7, 11) is 5.16. The van der Waals surface area contributed by atoms with Gasteiger partial charge in [0.05, 0.1) is 33.5 Å². The highest BCUT2D eigenvalue weighted by atomic mass is 127. The molecule has 28 heavy (non-hydrogen) atoms. The van der Waals surface area contributed by atoms with Crippen molar-refractivity contribution in [3.8, 4) is 11.5 Å². The Labute approximate surface area is 185 Å². The van der Waals surface area contributed by atoms with Crippen molar-refractivity contribution < 1.29 is 14.2 Å². The molecule has 1 atom stereocenters. The normalized spacial score (nSPS) is 18.8. The second-order valence-corrected chi connectivity index (χ2v) is 7.06. The highest BCUT2D eigenvalue weighted by Crippen LogP contribution is 2.32. The Morgan fingerprint density at radius 1 is 1.18 bits per heavy atom. The molecule has 0 radical (unpaired) electrons. The molecule has 1 aliphatic carbocycles. The zero-order valence-electron chi connectivity index (χ0n) is 17.1. The molecule has 1 aromatic carbocycles. The van der Waals surface area contributed by atoms with Crippen LogP contribution in [0.2, 0.25) is 0 Å². The standard InChI is InChI=1S/C20H32N4O3.HI/c1-21-20(22-13-15-4-5-15)23-14-17(24-8-10-27-11-9-24)16-6-7-18(25-2)19(12-16)26-3;/h6-7,12,15,17H,4-5,8-11,13-14H2,1-3H3,(H2,21,22,23);1H. The Balaban J connectivity index is 0.00000280. The second-order valence-electron chi connectivity index (χ2n) is 7.06. The molecule has 2 fully saturated rings. The number of guanidine groups is 1. The summed E-state index contributed by atoms with van der Waals surface area (Å²) < 4.78 is 16.4. The van der Waals surface area contributed by atoms with Gasteiger partial charge in [-0.05, 0) is 36.5 Å². The SMILES string of the molecule is CN=C(NCC1CC1)NCC(c1ccc(OC)c(OC)c1)N1CCOCC1.I. The van der Waals surface area contributed by atoms with E-state index >= 15 is 0 Å². The maximum atomic E-state index is 5.54. The number of benzene rings is 1. The average Bonchev–Trinajstić information content (AvgIpc) is 3.55. The van der Waals surface area contributed by atoms with Gasteiger partial charge in [-0.15, -0.1) is 24.0 Å². The fraction of sp³-hybridized carbons (Fsp3) is 0.650. The van der Waals surface area contributed by atoms with Gasteiger partial charge in [0.2, 0.25) is 0 Å². The Morgan fingerprint density at radius 2 is 1.89 bits per heavy atom. The number of hydrogen-bond donors (Lipinski definition) is 2. The van der Waals surface area contributed by atoms with E-state index in [1.54, 1.807) is 14.2 Å².